The third-order valence-electron chi connectivity index (χ3n) is 1.12. The SMILES string of the molecule is O=C(O)CCCCC(=O)OS. The molecule has 0 heterocycles. The highest BCUT2D eigenvalue weighted by atomic mass is 32.1. The molecule has 4 nitrogen and oxygen atoms in total. The molecule has 64 valence electrons. The van der Waals surface area contributed by atoms with Gasteiger partial charge < -0.3 is 9.29 Å². The Morgan fingerprint density at radius 1 is 1.27 bits per heavy atom. The summed E-state index contributed by atoms with van der Waals surface area (Å²) in [4.78, 5) is 20.4. The lowest BCUT2D eigenvalue weighted by Gasteiger charge is -1.95. The molecule has 0 amide bonds. The van der Waals surface area contributed by atoms with E-state index in [1.54, 1.807) is 0 Å². The van der Waals surface area contributed by atoms with Crippen LogP contribution in [-0.2, 0) is 13.8 Å². The second-order valence-electron chi connectivity index (χ2n) is 2.06. The zero-order valence-corrected chi connectivity index (χ0v) is 6.84. The van der Waals surface area contributed by atoms with Gasteiger partial charge in [0.05, 0.1) is 0 Å². The van der Waals surface area contributed by atoms with Crippen LogP contribution in [-0.4, -0.2) is 17.0 Å². The zero-order chi connectivity index (χ0) is 8.69. The average molecular weight is 178 g/mol. The van der Waals surface area contributed by atoms with E-state index in [-0.39, 0.29) is 12.8 Å². The van der Waals surface area contributed by atoms with Crippen LogP contribution in [0.4, 0.5) is 0 Å². The Morgan fingerprint density at radius 3 is 2.27 bits per heavy atom. The molecule has 11 heavy (non-hydrogen) atoms. The van der Waals surface area contributed by atoms with Crippen molar-refractivity contribution in [2.24, 2.45) is 0 Å². The highest BCUT2D eigenvalue weighted by molar-refractivity contribution is 7.75. The van der Waals surface area contributed by atoms with Crippen molar-refractivity contribution in [3.63, 3.8) is 0 Å². The van der Waals surface area contributed by atoms with Gasteiger partial charge in [0.1, 0.15) is 0 Å². The van der Waals surface area contributed by atoms with Gasteiger partial charge in [-0.1, -0.05) is 0 Å². The summed E-state index contributed by atoms with van der Waals surface area (Å²) in [6.45, 7) is 0. The van der Waals surface area contributed by atoms with Crippen LogP contribution in [0.1, 0.15) is 25.7 Å². The second-order valence-corrected chi connectivity index (χ2v) is 2.25. The quantitative estimate of drug-likeness (QED) is 0.375. The molecule has 0 aliphatic heterocycles. The first kappa shape index (κ1) is 10.3. The van der Waals surface area contributed by atoms with Gasteiger partial charge in [0.2, 0.25) is 0 Å². The fraction of sp³-hybridized carbons (Fsp3) is 0.667. The van der Waals surface area contributed by atoms with Gasteiger partial charge in [-0.05, 0) is 12.8 Å². The molecule has 0 aliphatic carbocycles. The number of carbonyl (C=O) groups is 2. The van der Waals surface area contributed by atoms with E-state index in [1.807, 2.05) is 0 Å². The molecule has 0 saturated carbocycles. The molecule has 0 aliphatic rings. The van der Waals surface area contributed by atoms with Crippen LogP contribution in [0.25, 0.3) is 0 Å². The number of hydrogen-bond acceptors (Lipinski definition) is 4. The number of thiol groups is 1. The van der Waals surface area contributed by atoms with Gasteiger partial charge in [0, 0.05) is 25.8 Å². The van der Waals surface area contributed by atoms with Crippen molar-refractivity contribution in [3.8, 4) is 0 Å². The van der Waals surface area contributed by atoms with Gasteiger partial charge in [-0.15, -0.1) is 0 Å². The molecule has 0 aromatic heterocycles. The predicted octanol–water partition coefficient (Wildman–Crippen LogP) is 1.02. The normalized spacial score (nSPS) is 9.18. The minimum Gasteiger partial charge on any atom is -0.481 e. The maximum Gasteiger partial charge on any atom is 0.317 e. The molecule has 0 bridgehead atoms. The van der Waals surface area contributed by atoms with E-state index in [9.17, 15) is 9.59 Å². The van der Waals surface area contributed by atoms with E-state index in [0.717, 1.165) is 0 Å². The highest BCUT2D eigenvalue weighted by Crippen LogP contribution is 2.01. The summed E-state index contributed by atoms with van der Waals surface area (Å²) in [6, 6.07) is 0. The molecule has 5 heteroatoms. The lowest BCUT2D eigenvalue weighted by Crippen LogP contribution is -1.98. The van der Waals surface area contributed by atoms with Gasteiger partial charge in [0.25, 0.3) is 0 Å². The van der Waals surface area contributed by atoms with E-state index in [4.69, 9.17) is 5.11 Å². The van der Waals surface area contributed by atoms with Crippen LogP contribution in [0, 0.1) is 0 Å². The maximum absolute atomic E-state index is 10.4. The van der Waals surface area contributed by atoms with Crippen molar-refractivity contribution in [3.05, 3.63) is 0 Å². The molecule has 0 unspecified atom stereocenters. The summed E-state index contributed by atoms with van der Waals surface area (Å²) < 4.78 is 4.07. The molecule has 0 rings (SSSR count). The molecule has 0 radical (unpaired) electrons. The van der Waals surface area contributed by atoms with E-state index in [1.165, 1.54) is 0 Å². The van der Waals surface area contributed by atoms with Crippen LogP contribution >= 0.6 is 12.9 Å². The molecule has 0 fully saturated rings. The van der Waals surface area contributed by atoms with Gasteiger partial charge >= 0.3 is 11.9 Å². The standard InChI is InChI=1S/C6H10O4S/c7-5(8)3-1-2-4-6(9)10-11/h11H,1-4H2,(H,7,8). The first-order valence-corrected chi connectivity index (χ1v) is 3.59. The van der Waals surface area contributed by atoms with Gasteiger partial charge in [-0.2, -0.15) is 0 Å². The second kappa shape index (κ2) is 6.03. The molecule has 0 spiro atoms. The summed E-state index contributed by atoms with van der Waals surface area (Å²) in [5.74, 6) is -1.26. The zero-order valence-electron chi connectivity index (χ0n) is 5.95. The number of rotatable bonds is 5. The summed E-state index contributed by atoms with van der Waals surface area (Å²) in [7, 11) is 0. The van der Waals surface area contributed by atoms with Crippen LogP contribution in [0.15, 0.2) is 0 Å². The number of hydrogen-bond donors (Lipinski definition) is 2. The third-order valence-corrected chi connectivity index (χ3v) is 1.33. The van der Waals surface area contributed by atoms with E-state index in [0.29, 0.717) is 12.8 Å². The lowest BCUT2D eigenvalue weighted by molar-refractivity contribution is -0.138. The fourth-order valence-corrected chi connectivity index (χ4v) is 0.682. The van der Waals surface area contributed by atoms with Crippen molar-refractivity contribution in [1.29, 1.82) is 0 Å². The summed E-state index contributed by atoms with van der Waals surface area (Å²) in [5.41, 5.74) is 0. The molecule has 0 aromatic rings. The maximum atomic E-state index is 10.4. The molecule has 1 N–H and O–H groups in total. The number of carboxylic acid groups (broad SMARTS) is 1. The number of unbranched alkanes of at least 4 members (excludes halogenated alkanes) is 1. The number of carboxylic acids is 1. The Morgan fingerprint density at radius 2 is 1.82 bits per heavy atom. The highest BCUT2D eigenvalue weighted by Gasteiger charge is 2.01. The van der Waals surface area contributed by atoms with Crippen LogP contribution in [0.5, 0.6) is 0 Å². The minimum absolute atomic E-state index is 0.0971. The van der Waals surface area contributed by atoms with Crippen LogP contribution in [0.2, 0.25) is 0 Å². The molecule has 0 atom stereocenters. The Bertz CT molecular complexity index is 146. The van der Waals surface area contributed by atoms with Crippen molar-refractivity contribution in [2.45, 2.75) is 25.7 Å². The van der Waals surface area contributed by atoms with Crippen LogP contribution in [0.3, 0.4) is 0 Å². The molecular weight excluding hydrogens is 168 g/mol. The monoisotopic (exact) mass is 178 g/mol. The fourth-order valence-electron chi connectivity index (χ4n) is 0.591. The average Bonchev–Trinajstić information content (AvgIpc) is 1.97. The molecule has 0 aromatic carbocycles. The van der Waals surface area contributed by atoms with Crippen molar-refractivity contribution < 1.29 is 18.9 Å². The van der Waals surface area contributed by atoms with Gasteiger partial charge in [0.15, 0.2) is 0 Å². The van der Waals surface area contributed by atoms with E-state index in [2.05, 4.69) is 17.1 Å². The van der Waals surface area contributed by atoms with Crippen molar-refractivity contribution >= 4 is 24.8 Å². The minimum atomic E-state index is -0.843. The van der Waals surface area contributed by atoms with Crippen molar-refractivity contribution in [1.82, 2.24) is 0 Å². The Hall–Kier alpha value is -0.710. The van der Waals surface area contributed by atoms with Crippen molar-refractivity contribution in [2.75, 3.05) is 0 Å². The molecule has 0 saturated heterocycles. The summed E-state index contributed by atoms with van der Waals surface area (Å²) in [5, 5.41) is 8.20. The number of aliphatic carboxylic acids is 1. The smallest absolute Gasteiger partial charge is 0.317 e. The van der Waals surface area contributed by atoms with Crippen LogP contribution < -0.4 is 0 Å². The summed E-state index contributed by atoms with van der Waals surface area (Å²) >= 11 is 3.29. The third kappa shape index (κ3) is 7.18. The predicted molar refractivity (Wildman–Crippen MR) is 41.2 cm³/mol. The van der Waals surface area contributed by atoms with E-state index >= 15 is 0 Å². The first-order valence-electron chi connectivity index (χ1n) is 3.23. The first-order chi connectivity index (χ1) is 5.16. The lowest BCUT2D eigenvalue weighted by atomic mass is 10.2. The van der Waals surface area contributed by atoms with E-state index < -0.39 is 11.9 Å². The Labute approximate surface area is 70.2 Å². The Balaban J connectivity index is 3.14. The Kier molecular flexibility index (Phi) is 5.64. The topological polar surface area (TPSA) is 63.6 Å². The van der Waals surface area contributed by atoms with Gasteiger partial charge in [-0.25, -0.2) is 0 Å². The number of carbonyl (C=O) groups excluding carboxylic acids is 1. The molecular formula is C6H10O4S. The summed E-state index contributed by atoms with van der Waals surface area (Å²) in [6.07, 6.45) is 1.36. The van der Waals surface area contributed by atoms with Gasteiger partial charge in [-0.3, -0.25) is 9.59 Å². The largest absolute Gasteiger partial charge is 0.481 e.